The largest absolute Gasteiger partial charge is 0.335 e. The number of pyridine rings is 1. The summed E-state index contributed by atoms with van der Waals surface area (Å²) in [6, 6.07) is 20.3. The van der Waals surface area contributed by atoms with Crippen LogP contribution in [0.15, 0.2) is 71.3 Å². The molecule has 0 unspecified atom stereocenters. The van der Waals surface area contributed by atoms with Crippen molar-refractivity contribution < 1.29 is 9.32 Å². The van der Waals surface area contributed by atoms with Crippen LogP contribution in [-0.4, -0.2) is 34.0 Å². The van der Waals surface area contributed by atoms with E-state index in [4.69, 9.17) is 4.52 Å². The van der Waals surface area contributed by atoms with E-state index in [0.29, 0.717) is 41.1 Å². The topological polar surface area (TPSA) is 59.2 Å². The van der Waals surface area contributed by atoms with Crippen molar-refractivity contribution in [1.29, 1.82) is 0 Å². The lowest BCUT2D eigenvalue weighted by molar-refractivity contribution is 0.0774. The Labute approximate surface area is 181 Å². The van der Waals surface area contributed by atoms with E-state index in [1.54, 1.807) is 0 Å². The first-order valence-corrected chi connectivity index (χ1v) is 10.5. The fraction of sp³-hybridized carbons (Fsp3) is 0.192. The number of aromatic nitrogens is 2. The predicted octanol–water partition coefficient (Wildman–Crippen LogP) is 5.44. The minimum atomic E-state index is -0.0181. The number of aryl methyl sites for hydroxylation is 2. The fourth-order valence-corrected chi connectivity index (χ4v) is 4.07. The second-order valence-electron chi connectivity index (χ2n) is 7.97. The van der Waals surface area contributed by atoms with Crippen molar-refractivity contribution in [1.82, 2.24) is 15.0 Å². The second-order valence-corrected chi connectivity index (χ2v) is 7.97. The summed E-state index contributed by atoms with van der Waals surface area (Å²) >= 11 is 0. The fourth-order valence-electron chi connectivity index (χ4n) is 4.07. The standard InChI is InChI=1S/C26H23N3O2/c1-17-8-10-21(11-9-17)23-16-22(24-18(2)28-31-25(24)27-23)26(30)29-14-12-20(13-15-29)19-6-4-3-5-7-19/h3-12,16H,13-15H2,1-2H3. The first-order chi connectivity index (χ1) is 15.1. The highest BCUT2D eigenvalue weighted by Gasteiger charge is 2.25. The molecule has 1 aliphatic rings. The quantitative estimate of drug-likeness (QED) is 0.452. The molecule has 0 aliphatic carbocycles. The molecule has 2 aromatic carbocycles. The lowest BCUT2D eigenvalue weighted by Gasteiger charge is -2.27. The molecule has 1 aliphatic heterocycles. The van der Waals surface area contributed by atoms with E-state index in [2.05, 4.69) is 28.3 Å². The Kier molecular flexibility index (Phi) is 4.86. The minimum Gasteiger partial charge on any atom is -0.335 e. The molecule has 5 nitrogen and oxygen atoms in total. The Balaban J connectivity index is 1.50. The van der Waals surface area contributed by atoms with E-state index in [-0.39, 0.29) is 5.91 Å². The Hall–Kier alpha value is -3.73. The summed E-state index contributed by atoms with van der Waals surface area (Å²) in [4.78, 5) is 20.0. The number of benzene rings is 2. The summed E-state index contributed by atoms with van der Waals surface area (Å²) in [6.07, 6.45) is 2.98. The number of carbonyl (C=O) groups excluding carboxylic acids is 1. The summed E-state index contributed by atoms with van der Waals surface area (Å²) in [6.45, 7) is 5.15. The molecule has 5 heteroatoms. The van der Waals surface area contributed by atoms with Crippen LogP contribution in [0.3, 0.4) is 0 Å². The Morgan fingerprint density at radius 1 is 1.00 bits per heavy atom. The van der Waals surface area contributed by atoms with E-state index < -0.39 is 0 Å². The van der Waals surface area contributed by atoms with Crippen molar-refractivity contribution >= 4 is 22.6 Å². The molecule has 1 amide bonds. The second kappa shape index (κ2) is 7.84. The van der Waals surface area contributed by atoms with Gasteiger partial charge < -0.3 is 9.42 Å². The van der Waals surface area contributed by atoms with E-state index in [1.165, 1.54) is 16.7 Å². The van der Waals surface area contributed by atoms with Crippen LogP contribution in [0.4, 0.5) is 0 Å². The van der Waals surface area contributed by atoms with Gasteiger partial charge in [-0.15, -0.1) is 0 Å². The molecule has 154 valence electrons. The van der Waals surface area contributed by atoms with Gasteiger partial charge in [-0.25, -0.2) is 4.98 Å². The molecule has 0 atom stereocenters. The molecule has 3 heterocycles. The van der Waals surface area contributed by atoms with Gasteiger partial charge in [-0.3, -0.25) is 4.79 Å². The van der Waals surface area contributed by atoms with Crippen molar-refractivity contribution in [2.24, 2.45) is 0 Å². The monoisotopic (exact) mass is 409 g/mol. The molecular formula is C26H23N3O2. The van der Waals surface area contributed by atoms with Crippen LogP contribution in [0.25, 0.3) is 27.9 Å². The van der Waals surface area contributed by atoms with Crippen LogP contribution in [-0.2, 0) is 0 Å². The third-order valence-electron chi connectivity index (χ3n) is 5.84. The van der Waals surface area contributed by atoms with Crippen molar-refractivity contribution in [2.75, 3.05) is 13.1 Å². The SMILES string of the molecule is Cc1ccc(-c2cc(C(=O)N3CC=C(c4ccccc4)CC3)c3c(C)noc3n2)cc1. The van der Waals surface area contributed by atoms with Crippen LogP contribution >= 0.6 is 0 Å². The maximum Gasteiger partial charge on any atom is 0.259 e. The highest BCUT2D eigenvalue weighted by Crippen LogP contribution is 2.29. The van der Waals surface area contributed by atoms with Gasteiger partial charge in [0.15, 0.2) is 0 Å². The van der Waals surface area contributed by atoms with E-state index in [0.717, 1.165) is 12.0 Å². The smallest absolute Gasteiger partial charge is 0.259 e. The number of fused-ring (bicyclic) bond motifs is 1. The normalized spacial score (nSPS) is 14.0. The van der Waals surface area contributed by atoms with Gasteiger partial charge in [0, 0.05) is 18.7 Å². The number of carbonyl (C=O) groups is 1. The molecule has 0 saturated heterocycles. The Morgan fingerprint density at radius 2 is 1.77 bits per heavy atom. The summed E-state index contributed by atoms with van der Waals surface area (Å²) in [5.74, 6) is -0.0181. The van der Waals surface area contributed by atoms with E-state index >= 15 is 0 Å². The first kappa shape index (κ1) is 19.2. The van der Waals surface area contributed by atoms with Gasteiger partial charge in [0.2, 0.25) is 0 Å². The highest BCUT2D eigenvalue weighted by atomic mass is 16.5. The Morgan fingerprint density at radius 3 is 2.48 bits per heavy atom. The van der Waals surface area contributed by atoms with E-state index in [1.807, 2.05) is 67.3 Å². The number of hydrogen-bond acceptors (Lipinski definition) is 4. The molecule has 4 aromatic rings. The Bertz CT molecular complexity index is 1290. The summed E-state index contributed by atoms with van der Waals surface area (Å²) < 4.78 is 5.44. The molecule has 0 saturated carbocycles. The zero-order valence-electron chi connectivity index (χ0n) is 17.6. The maximum absolute atomic E-state index is 13.5. The average molecular weight is 409 g/mol. The van der Waals surface area contributed by atoms with Crippen LogP contribution in [0.2, 0.25) is 0 Å². The molecule has 0 spiro atoms. The highest BCUT2D eigenvalue weighted by molar-refractivity contribution is 6.07. The zero-order chi connectivity index (χ0) is 21.4. The van der Waals surface area contributed by atoms with Crippen molar-refractivity contribution in [2.45, 2.75) is 20.3 Å². The maximum atomic E-state index is 13.5. The van der Waals surface area contributed by atoms with Crippen molar-refractivity contribution in [3.63, 3.8) is 0 Å². The summed E-state index contributed by atoms with van der Waals surface area (Å²) in [7, 11) is 0. The summed E-state index contributed by atoms with van der Waals surface area (Å²) in [5.41, 5.74) is 7.01. The average Bonchev–Trinajstić information content (AvgIpc) is 3.20. The van der Waals surface area contributed by atoms with Gasteiger partial charge >= 0.3 is 0 Å². The molecule has 0 fully saturated rings. The third kappa shape index (κ3) is 3.63. The molecule has 0 N–H and O–H groups in total. The van der Waals surface area contributed by atoms with Crippen LogP contribution in [0.1, 0.15) is 33.6 Å². The van der Waals surface area contributed by atoms with E-state index in [9.17, 15) is 4.79 Å². The summed E-state index contributed by atoms with van der Waals surface area (Å²) in [5, 5.41) is 4.76. The molecule has 2 aromatic heterocycles. The number of nitrogens with zero attached hydrogens (tertiary/aromatic N) is 3. The first-order valence-electron chi connectivity index (χ1n) is 10.5. The van der Waals surface area contributed by atoms with Gasteiger partial charge in [-0.05, 0) is 37.5 Å². The van der Waals surface area contributed by atoms with Gasteiger partial charge in [-0.1, -0.05) is 71.4 Å². The zero-order valence-corrected chi connectivity index (χ0v) is 17.6. The molecule has 31 heavy (non-hydrogen) atoms. The minimum absolute atomic E-state index is 0.0181. The van der Waals surface area contributed by atoms with Crippen molar-refractivity contribution in [3.8, 4) is 11.3 Å². The number of rotatable bonds is 3. The molecule has 0 bridgehead atoms. The predicted molar refractivity (Wildman–Crippen MR) is 122 cm³/mol. The van der Waals surface area contributed by atoms with Gasteiger partial charge in [-0.2, -0.15) is 0 Å². The van der Waals surface area contributed by atoms with Crippen molar-refractivity contribution in [3.05, 3.63) is 89.1 Å². The lowest BCUT2D eigenvalue weighted by Crippen LogP contribution is -2.34. The van der Waals surface area contributed by atoms with Crippen LogP contribution in [0, 0.1) is 13.8 Å². The van der Waals surface area contributed by atoms with Crippen LogP contribution < -0.4 is 0 Å². The third-order valence-corrected chi connectivity index (χ3v) is 5.84. The number of hydrogen-bond donors (Lipinski definition) is 0. The van der Waals surface area contributed by atoms with Gasteiger partial charge in [0.05, 0.1) is 22.3 Å². The molecule has 0 radical (unpaired) electrons. The molecule has 5 rings (SSSR count). The molecular weight excluding hydrogens is 386 g/mol. The lowest BCUT2D eigenvalue weighted by atomic mass is 9.98. The number of amides is 1. The van der Waals surface area contributed by atoms with Gasteiger partial charge in [0.1, 0.15) is 0 Å². The van der Waals surface area contributed by atoms with Crippen LogP contribution in [0.5, 0.6) is 0 Å². The van der Waals surface area contributed by atoms with Gasteiger partial charge in [0.25, 0.3) is 11.6 Å².